The van der Waals surface area contributed by atoms with Gasteiger partial charge in [-0.2, -0.15) is 0 Å². The number of carbonyl (C=O) groups is 2. The Balaban J connectivity index is 1.60. The molecule has 140 valence electrons. The number of halogens is 1. The number of benzene rings is 1. The quantitative estimate of drug-likeness (QED) is 0.452. The van der Waals surface area contributed by atoms with E-state index in [0.29, 0.717) is 12.5 Å². The maximum Gasteiger partial charge on any atom is 0.340 e. The predicted molar refractivity (Wildman–Crippen MR) is 95.1 cm³/mol. The van der Waals surface area contributed by atoms with Gasteiger partial charge in [-0.1, -0.05) is 24.4 Å². The van der Waals surface area contributed by atoms with Crippen molar-refractivity contribution in [1.29, 1.82) is 0 Å². The van der Waals surface area contributed by atoms with Crippen LogP contribution in [0.4, 0.5) is 5.69 Å². The molecule has 1 heterocycles. The van der Waals surface area contributed by atoms with Crippen LogP contribution in [-0.4, -0.2) is 40.9 Å². The maximum atomic E-state index is 12.5. The summed E-state index contributed by atoms with van der Waals surface area (Å²) < 4.78 is 5.12. The highest BCUT2D eigenvalue weighted by Gasteiger charge is 2.35. The summed E-state index contributed by atoms with van der Waals surface area (Å²) in [5, 5.41) is 10.7. The molecule has 1 aliphatic heterocycles. The third-order valence-corrected chi connectivity index (χ3v) is 5.59. The van der Waals surface area contributed by atoms with Crippen molar-refractivity contribution in [2.24, 2.45) is 5.92 Å². The number of nitro groups is 1. The van der Waals surface area contributed by atoms with E-state index in [4.69, 9.17) is 16.3 Å². The van der Waals surface area contributed by atoms with Crippen LogP contribution in [0, 0.1) is 16.0 Å². The van der Waals surface area contributed by atoms with Crippen LogP contribution < -0.4 is 0 Å². The van der Waals surface area contributed by atoms with Crippen molar-refractivity contribution in [3.8, 4) is 0 Å². The van der Waals surface area contributed by atoms with E-state index in [1.165, 1.54) is 18.6 Å². The molecule has 0 unspecified atom stereocenters. The molecule has 1 aliphatic carbocycles. The average molecular weight is 381 g/mol. The summed E-state index contributed by atoms with van der Waals surface area (Å²) in [4.78, 5) is 36.7. The number of fused-ring (bicyclic) bond motifs is 1. The van der Waals surface area contributed by atoms with Crippen molar-refractivity contribution in [1.82, 2.24) is 4.90 Å². The molecule has 2 fully saturated rings. The fourth-order valence-corrected chi connectivity index (χ4v) is 4.26. The molecule has 0 radical (unpaired) electrons. The van der Waals surface area contributed by atoms with Crippen molar-refractivity contribution in [2.75, 3.05) is 13.2 Å². The molecule has 26 heavy (non-hydrogen) atoms. The second-order valence-corrected chi connectivity index (χ2v) is 7.25. The van der Waals surface area contributed by atoms with Gasteiger partial charge in [0.2, 0.25) is 0 Å². The number of ether oxygens (including phenoxy) is 1. The number of esters is 1. The number of nitrogens with zero attached hydrogens (tertiary/aromatic N) is 2. The smallest absolute Gasteiger partial charge is 0.340 e. The highest BCUT2D eigenvalue weighted by atomic mass is 35.5. The van der Waals surface area contributed by atoms with E-state index in [1.807, 2.05) is 4.90 Å². The zero-order valence-corrected chi connectivity index (χ0v) is 15.1. The van der Waals surface area contributed by atoms with Gasteiger partial charge >= 0.3 is 5.97 Å². The van der Waals surface area contributed by atoms with Gasteiger partial charge in [-0.3, -0.25) is 14.9 Å². The molecule has 1 saturated carbocycles. The van der Waals surface area contributed by atoms with Crippen LogP contribution in [0.1, 0.15) is 48.9 Å². The summed E-state index contributed by atoms with van der Waals surface area (Å²) in [6.45, 7) is 0.366. The number of amides is 1. The average Bonchev–Trinajstić information content (AvgIpc) is 2.65. The molecule has 2 atom stereocenters. The molecule has 1 aromatic carbocycles. The van der Waals surface area contributed by atoms with Crippen molar-refractivity contribution in [2.45, 2.75) is 44.6 Å². The van der Waals surface area contributed by atoms with Gasteiger partial charge in [0, 0.05) is 24.7 Å². The molecule has 0 bridgehead atoms. The van der Waals surface area contributed by atoms with E-state index in [1.54, 1.807) is 0 Å². The lowest BCUT2D eigenvalue weighted by atomic mass is 9.78. The summed E-state index contributed by atoms with van der Waals surface area (Å²) in [7, 11) is 0. The Hall–Kier alpha value is -2.15. The molecule has 8 heteroatoms. The first-order valence-corrected chi connectivity index (χ1v) is 9.25. The zero-order valence-electron chi connectivity index (χ0n) is 14.4. The van der Waals surface area contributed by atoms with Crippen LogP contribution in [0.3, 0.4) is 0 Å². The topological polar surface area (TPSA) is 89.8 Å². The van der Waals surface area contributed by atoms with E-state index in [2.05, 4.69) is 0 Å². The predicted octanol–water partition coefficient (Wildman–Crippen LogP) is 3.59. The molecular formula is C18H21ClN2O5. The van der Waals surface area contributed by atoms with E-state index in [0.717, 1.165) is 38.2 Å². The van der Waals surface area contributed by atoms with E-state index in [9.17, 15) is 19.7 Å². The van der Waals surface area contributed by atoms with Crippen LogP contribution in [0.2, 0.25) is 5.02 Å². The van der Waals surface area contributed by atoms with Crippen LogP contribution in [0.15, 0.2) is 18.2 Å². The molecular weight excluding hydrogens is 360 g/mol. The maximum absolute atomic E-state index is 12.5. The van der Waals surface area contributed by atoms with Crippen LogP contribution in [0.5, 0.6) is 0 Å². The summed E-state index contributed by atoms with van der Waals surface area (Å²) in [5.41, 5.74) is -0.196. The van der Waals surface area contributed by atoms with Gasteiger partial charge in [-0.25, -0.2) is 4.79 Å². The lowest BCUT2D eigenvalue weighted by molar-refractivity contribution is -0.384. The first-order valence-electron chi connectivity index (χ1n) is 8.88. The Bertz CT molecular complexity index is 722. The molecule has 0 N–H and O–H groups in total. The van der Waals surface area contributed by atoms with Crippen LogP contribution in [0.25, 0.3) is 0 Å². The van der Waals surface area contributed by atoms with Crippen molar-refractivity contribution in [3.05, 3.63) is 38.9 Å². The molecule has 1 saturated heterocycles. The van der Waals surface area contributed by atoms with Gasteiger partial charge in [0.15, 0.2) is 6.61 Å². The van der Waals surface area contributed by atoms with Gasteiger partial charge in [0.05, 0.1) is 15.5 Å². The van der Waals surface area contributed by atoms with E-state index >= 15 is 0 Å². The van der Waals surface area contributed by atoms with E-state index in [-0.39, 0.29) is 34.8 Å². The highest BCUT2D eigenvalue weighted by molar-refractivity contribution is 6.33. The fraction of sp³-hybridized carbons (Fsp3) is 0.556. The SMILES string of the molecule is O=C(OCC(=O)N1CCC[C@@H]2CCCC[C@@H]21)c1ccc([N+](=O)[O-])cc1Cl. The lowest BCUT2D eigenvalue weighted by Gasteiger charge is -2.44. The van der Waals surface area contributed by atoms with Crippen molar-refractivity contribution in [3.63, 3.8) is 0 Å². The number of likely N-dealkylation sites (tertiary alicyclic amines) is 1. The first kappa shape index (κ1) is 18.6. The molecule has 1 aromatic rings. The Labute approximate surface area is 156 Å². The minimum Gasteiger partial charge on any atom is -0.452 e. The Morgan fingerprint density at radius 2 is 1.96 bits per heavy atom. The Kier molecular flexibility index (Phi) is 5.76. The minimum atomic E-state index is -0.754. The normalized spacial score (nSPS) is 22.4. The largest absolute Gasteiger partial charge is 0.452 e. The minimum absolute atomic E-state index is 0.0132. The standard InChI is InChI=1S/C18H21ClN2O5/c19-15-10-13(21(24)25)7-8-14(15)18(23)26-11-17(22)20-9-3-5-12-4-1-2-6-16(12)20/h7-8,10,12,16H,1-6,9,11H2/t12-,16-/m0/s1. The van der Waals surface area contributed by atoms with Crippen LogP contribution in [-0.2, 0) is 9.53 Å². The summed E-state index contributed by atoms with van der Waals surface area (Å²) >= 11 is 5.92. The molecule has 0 spiro atoms. The van der Waals surface area contributed by atoms with Gasteiger partial charge in [0.25, 0.3) is 11.6 Å². The number of hydrogen-bond acceptors (Lipinski definition) is 5. The third kappa shape index (κ3) is 3.98. The second-order valence-electron chi connectivity index (χ2n) is 6.84. The molecule has 0 aromatic heterocycles. The monoisotopic (exact) mass is 380 g/mol. The zero-order chi connectivity index (χ0) is 18.7. The summed E-state index contributed by atoms with van der Waals surface area (Å²) in [6.07, 6.45) is 6.66. The number of hydrogen-bond donors (Lipinski definition) is 0. The van der Waals surface area contributed by atoms with Crippen molar-refractivity contribution >= 4 is 29.2 Å². The first-order chi connectivity index (χ1) is 12.5. The third-order valence-electron chi connectivity index (χ3n) is 5.27. The number of rotatable bonds is 4. The lowest BCUT2D eigenvalue weighted by Crippen LogP contribution is -2.50. The fourth-order valence-electron chi connectivity index (χ4n) is 4.01. The number of carbonyl (C=O) groups excluding carboxylic acids is 2. The van der Waals surface area contributed by atoms with Crippen LogP contribution >= 0.6 is 11.6 Å². The molecule has 7 nitrogen and oxygen atoms in total. The Morgan fingerprint density at radius 3 is 2.69 bits per heavy atom. The summed E-state index contributed by atoms with van der Waals surface area (Å²) in [5.74, 6) is -0.385. The molecule has 2 aliphatic rings. The van der Waals surface area contributed by atoms with E-state index < -0.39 is 10.9 Å². The highest BCUT2D eigenvalue weighted by Crippen LogP contribution is 2.35. The van der Waals surface area contributed by atoms with Gasteiger partial charge in [0.1, 0.15) is 0 Å². The second kappa shape index (κ2) is 8.03. The molecule has 3 rings (SSSR count). The summed E-state index contributed by atoms with van der Waals surface area (Å²) in [6, 6.07) is 3.77. The van der Waals surface area contributed by atoms with Gasteiger partial charge in [-0.15, -0.1) is 0 Å². The van der Waals surface area contributed by atoms with Gasteiger partial charge < -0.3 is 9.64 Å². The number of non-ortho nitro benzene ring substituents is 1. The number of piperidine rings is 1. The molecule has 1 amide bonds. The van der Waals surface area contributed by atoms with Crippen molar-refractivity contribution < 1.29 is 19.2 Å². The van der Waals surface area contributed by atoms with Gasteiger partial charge in [-0.05, 0) is 37.7 Å². The Morgan fingerprint density at radius 1 is 1.23 bits per heavy atom. The number of nitro benzene ring substituents is 1.